The van der Waals surface area contributed by atoms with Gasteiger partial charge in [-0.15, -0.1) is 0 Å². The second-order valence-electron chi connectivity index (χ2n) is 5.70. The van der Waals surface area contributed by atoms with Crippen LogP contribution in [0.2, 0.25) is 0 Å². The van der Waals surface area contributed by atoms with Crippen molar-refractivity contribution >= 4 is 11.9 Å². The van der Waals surface area contributed by atoms with Crippen LogP contribution in [0.1, 0.15) is 32.3 Å². The second-order valence-corrected chi connectivity index (χ2v) is 5.70. The Bertz CT molecular complexity index is 471. The molecule has 1 rings (SSSR count). The molecule has 2 N–H and O–H groups in total. The summed E-state index contributed by atoms with van der Waals surface area (Å²) in [6.45, 7) is 4.40. The van der Waals surface area contributed by atoms with Crippen molar-refractivity contribution < 1.29 is 19.1 Å². The van der Waals surface area contributed by atoms with Gasteiger partial charge >= 0.3 is 5.97 Å². The third-order valence-corrected chi connectivity index (χ3v) is 3.13. The van der Waals surface area contributed by atoms with Crippen molar-refractivity contribution in [2.45, 2.75) is 33.1 Å². The van der Waals surface area contributed by atoms with E-state index in [0.717, 1.165) is 12.0 Å². The maximum atomic E-state index is 12.8. The summed E-state index contributed by atoms with van der Waals surface area (Å²) in [5.41, 5.74) is 0.729. The molecule has 0 fully saturated rings. The van der Waals surface area contributed by atoms with Crippen LogP contribution in [-0.4, -0.2) is 23.5 Å². The van der Waals surface area contributed by atoms with Crippen LogP contribution in [0, 0.1) is 17.7 Å². The van der Waals surface area contributed by atoms with Gasteiger partial charge in [-0.05, 0) is 36.0 Å². The summed E-state index contributed by atoms with van der Waals surface area (Å²) in [4.78, 5) is 22.6. The minimum atomic E-state index is -0.853. The maximum absolute atomic E-state index is 12.8. The van der Waals surface area contributed by atoms with Gasteiger partial charge in [-0.3, -0.25) is 9.59 Å². The van der Waals surface area contributed by atoms with Crippen LogP contribution in [0.15, 0.2) is 24.3 Å². The fraction of sp³-hybridized carbons (Fsp3) is 0.500. The first-order valence-electron chi connectivity index (χ1n) is 7.09. The van der Waals surface area contributed by atoms with Crippen molar-refractivity contribution in [3.05, 3.63) is 35.6 Å². The van der Waals surface area contributed by atoms with Crippen LogP contribution in [0.5, 0.6) is 0 Å². The van der Waals surface area contributed by atoms with Crippen molar-refractivity contribution in [2.75, 3.05) is 6.54 Å². The van der Waals surface area contributed by atoms with Crippen molar-refractivity contribution in [3.8, 4) is 0 Å². The highest BCUT2D eigenvalue weighted by Gasteiger charge is 2.16. The summed E-state index contributed by atoms with van der Waals surface area (Å²) in [7, 11) is 0. The Morgan fingerprint density at radius 2 is 1.86 bits per heavy atom. The number of hydrogen-bond acceptors (Lipinski definition) is 2. The van der Waals surface area contributed by atoms with Crippen molar-refractivity contribution in [3.63, 3.8) is 0 Å². The zero-order valence-corrected chi connectivity index (χ0v) is 12.4. The molecule has 0 saturated heterocycles. The van der Waals surface area contributed by atoms with Crippen LogP contribution in [0.25, 0.3) is 0 Å². The molecule has 0 bridgehead atoms. The van der Waals surface area contributed by atoms with Gasteiger partial charge in [0.2, 0.25) is 5.91 Å². The van der Waals surface area contributed by atoms with Crippen LogP contribution in [0.3, 0.4) is 0 Å². The monoisotopic (exact) mass is 295 g/mol. The van der Waals surface area contributed by atoms with Gasteiger partial charge < -0.3 is 10.4 Å². The Kier molecular flexibility index (Phi) is 6.85. The Labute approximate surface area is 124 Å². The lowest BCUT2D eigenvalue weighted by molar-refractivity contribution is -0.138. The first-order valence-corrected chi connectivity index (χ1v) is 7.09. The summed E-state index contributed by atoms with van der Waals surface area (Å²) in [6, 6.07) is 5.76. The van der Waals surface area contributed by atoms with E-state index in [0.29, 0.717) is 12.5 Å². The van der Waals surface area contributed by atoms with Gasteiger partial charge in [0.15, 0.2) is 0 Å². The topological polar surface area (TPSA) is 66.4 Å². The van der Waals surface area contributed by atoms with Gasteiger partial charge in [0.1, 0.15) is 5.82 Å². The van der Waals surface area contributed by atoms with E-state index in [-0.39, 0.29) is 30.5 Å². The number of carboxylic acids is 1. The molecule has 1 aromatic carbocycles. The molecular weight excluding hydrogens is 273 g/mol. The number of amides is 1. The summed E-state index contributed by atoms with van der Waals surface area (Å²) in [6.07, 6.45) is 0.972. The molecule has 1 amide bonds. The largest absolute Gasteiger partial charge is 0.481 e. The molecule has 0 radical (unpaired) electrons. The molecule has 1 aromatic rings. The zero-order valence-electron chi connectivity index (χ0n) is 12.4. The standard InChI is InChI=1S/C16H22FNO3/c1-11(2)7-13(9-16(20)21)10-18-15(19)8-12-3-5-14(17)6-4-12/h3-6,11,13H,7-10H2,1-2H3,(H,18,19)(H,20,21). The lowest BCUT2D eigenvalue weighted by Crippen LogP contribution is -2.32. The highest BCUT2D eigenvalue weighted by atomic mass is 19.1. The number of carbonyl (C=O) groups excluding carboxylic acids is 1. The Morgan fingerprint density at radius 1 is 1.24 bits per heavy atom. The third kappa shape index (κ3) is 7.44. The average Bonchev–Trinajstić information content (AvgIpc) is 2.37. The van der Waals surface area contributed by atoms with E-state index in [2.05, 4.69) is 5.32 Å². The fourth-order valence-electron chi connectivity index (χ4n) is 2.26. The first kappa shape index (κ1) is 17.1. The number of benzene rings is 1. The predicted octanol–water partition coefficient (Wildman–Crippen LogP) is 2.62. The summed E-state index contributed by atoms with van der Waals surface area (Å²) in [5, 5.41) is 11.6. The number of halogens is 1. The van der Waals surface area contributed by atoms with E-state index >= 15 is 0 Å². The lowest BCUT2D eigenvalue weighted by Gasteiger charge is -2.17. The smallest absolute Gasteiger partial charge is 0.303 e. The maximum Gasteiger partial charge on any atom is 0.303 e. The molecule has 0 aliphatic rings. The number of hydrogen-bond donors (Lipinski definition) is 2. The highest BCUT2D eigenvalue weighted by Crippen LogP contribution is 2.14. The number of carbonyl (C=O) groups is 2. The average molecular weight is 295 g/mol. The van der Waals surface area contributed by atoms with Gasteiger partial charge in [-0.2, -0.15) is 0 Å². The van der Waals surface area contributed by atoms with Gasteiger partial charge in [0, 0.05) is 13.0 Å². The van der Waals surface area contributed by atoms with E-state index in [4.69, 9.17) is 5.11 Å². The van der Waals surface area contributed by atoms with Gasteiger partial charge in [0.25, 0.3) is 0 Å². The van der Waals surface area contributed by atoms with Gasteiger partial charge in [-0.25, -0.2) is 4.39 Å². The number of rotatable bonds is 8. The molecular formula is C16H22FNO3. The molecule has 0 aromatic heterocycles. The van der Waals surface area contributed by atoms with Crippen LogP contribution >= 0.6 is 0 Å². The Hall–Kier alpha value is -1.91. The molecule has 4 nitrogen and oxygen atoms in total. The quantitative estimate of drug-likeness (QED) is 0.774. The molecule has 21 heavy (non-hydrogen) atoms. The first-order chi connectivity index (χ1) is 9.86. The van der Waals surface area contributed by atoms with E-state index in [1.54, 1.807) is 12.1 Å². The van der Waals surface area contributed by atoms with E-state index in [9.17, 15) is 14.0 Å². The number of aliphatic carboxylic acids is 1. The van der Waals surface area contributed by atoms with Gasteiger partial charge in [0.05, 0.1) is 6.42 Å². The molecule has 116 valence electrons. The number of nitrogens with one attached hydrogen (secondary N) is 1. The van der Waals surface area contributed by atoms with E-state index in [1.807, 2.05) is 13.8 Å². The molecule has 1 unspecified atom stereocenters. The normalized spacial score (nSPS) is 12.2. The minimum absolute atomic E-state index is 0.0506. The zero-order chi connectivity index (χ0) is 15.8. The predicted molar refractivity (Wildman–Crippen MR) is 78.3 cm³/mol. The molecule has 0 saturated carbocycles. The molecule has 0 spiro atoms. The molecule has 0 aliphatic carbocycles. The lowest BCUT2D eigenvalue weighted by atomic mass is 9.94. The molecule has 1 atom stereocenters. The fourth-order valence-corrected chi connectivity index (χ4v) is 2.26. The summed E-state index contributed by atoms with van der Waals surface area (Å²) in [5.74, 6) is -1.06. The van der Waals surface area contributed by atoms with E-state index in [1.165, 1.54) is 12.1 Å². The highest BCUT2D eigenvalue weighted by molar-refractivity contribution is 5.78. The molecule has 0 heterocycles. The Morgan fingerprint density at radius 3 is 2.38 bits per heavy atom. The Balaban J connectivity index is 2.44. The van der Waals surface area contributed by atoms with Crippen molar-refractivity contribution in [2.24, 2.45) is 11.8 Å². The second kappa shape index (κ2) is 8.39. The number of carboxylic acid groups (broad SMARTS) is 1. The molecule has 5 heteroatoms. The SMILES string of the molecule is CC(C)CC(CNC(=O)Cc1ccc(F)cc1)CC(=O)O. The van der Waals surface area contributed by atoms with Crippen molar-refractivity contribution in [1.82, 2.24) is 5.32 Å². The minimum Gasteiger partial charge on any atom is -0.481 e. The van der Waals surface area contributed by atoms with Crippen LogP contribution in [-0.2, 0) is 16.0 Å². The van der Waals surface area contributed by atoms with E-state index < -0.39 is 5.97 Å². The van der Waals surface area contributed by atoms with Crippen LogP contribution < -0.4 is 5.32 Å². The summed E-state index contributed by atoms with van der Waals surface area (Å²) < 4.78 is 12.8. The molecule has 0 aliphatic heterocycles. The summed E-state index contributed by atoms with van der Waals surface area (Å²) >= 11 is 0. The van der Waals surface area contributed by atoms with Crippen LogP contribution in [0.4, 0.5) is 4.39 Å². The van der Waals surface area contributed by atoms with Crippen molar-refractivity contribution in [1.29, 1.82) is 0 Å². The van der Waals surface area contributed by atoms with Gasteiger partial charge in [-0.1, -0.05) is 26.0 Å². The third-order valence-electron chi connectivity index (χ3n) is 3.13.